The lowest BCUT2D eigenvalue weighted by atomic mass is 10.1. The van der Waals surface area contributed by atoms with Gasteiger partial charge in [-0.3, -0.25) is 9.69 Å². The molecule has 0 unspecified atom stereocenters. The molecule has 1 amide bonds. The summed E-state index contributed by atoms with van der Waals surface area (Å²) in [5.74, 6) is 0.822. The molecule has 0 aromatic heterocycles. The summed E-state index contributed by atoms with van der Waals surface area (Å²) in [5, 5.41) is 2.96. The number of anilines is 2. The second kappa shape index (κ2) is 9.28. The zero-order chi connectivity index (χ0) is 19.1. The zero-order valence-electron chi connectivity index (χ0n) is 15.9. The van der Waals surface area contributed by atoms with E-state index >= 15 is 0 Å². The summed E-state index contributed by atoms with van der Waals surface area (Å²) >= 11 is 0. The fourth-order valence-corrected chi connectivity index (χ4v) is 3.41. The number of amides is 1. The lowest BCUT2D eigenvalue weighted by Gasteiger charge is -2.36. The second-order valence-electron chi connectivity index (χ2n) is 6.70. The summed E-state index contributed by atoms with van der Waals surface area (Å²) in [4.78, 5) is 17.0. The maximum Gasteiger partial charge on any atom is 0.253 e. The number of para-hydroxylation sites is 3. The van der Waals surface area contributed by atoms with Gasteiger partial charge in [0.05, 0.1) is 18.4 Å². The van der Waals surface area contributed by atoms with Gasteiger partial charge in [-0.05, 0) is 37.2 Å². The van der Waals surface area contributed by atoms with Crippen LogP contribution in [0.1, 0.15) is 16.8 Å². The Hall–Kier alpha value is -2.73. The molecule has 3 N–H and O–H groups in total. The van der Waals surface area contributed by atoms with Gasteiger partial charge in [-0.1, -0.05) is 24.3 Å². The first-order valence-electron chi connectivity index (χ1n) is 9.42. The molecule has 1 saturated heterocycles. The standard InChI is InChI=1S/C21H28N4O2/c1-27-20-10-5-4-9-19(20)25-15-13-24(14-16-25)12-6-11-23-21(26)17-7-2-3-8-18(17)22/h2-5,7-10H,6,11-16,22H2,1H3,(H,23,26). The maximum absolute atomic E-state index is 12.2. The van der Waals surface area contributed by atoms with Crippen molar-refractivity contribution in [2.24, 2.45) is 0 Å². The highest BCUT2D eigenvalue weighted by Gasteiger charge is 2.19. The minimum atomic E-state index is -0.103. The number of hydrogen-bond acceptors (Lipinski definition) is 5. The number of nitrogens with two attached hydrogens (primary N) is 1. The summed E-state index contributed by atoms with van der Waals surface area (Å²) in [6, 6.07) is 15.3. The molecule has 6 nitrogen and oxygen atoms in total. The van der Waals surface area contributed by atoms with E-state index in [1.807, 2.05) is 30.3 Å². The molecule has 3 rings (SSSR count). The Kier molecular flexibility index (Phi) is 6.54. The third kappa shape index (κ3) is 4.92. The van der Waals surface area contributed by atoms with Crippen molar-refractivity contribution in [3.63, 3.8) is 0 Å². The minimum absolute atomic E-state index is 0.103. The van der Waals surface area contributed by atoms with Crippen LogP contribution in [0.5, 0.6) is 5.75 Å². The molecule has 144 valence electrons. The summed E-state index contributed by atoms with van der Waals surface area (Å²) in [6.07, 6.45) is 0.924. The van der Waals surface area contributed by atoms with Gasteiger partial charge >= 0.3 is 0 Å². The molecule has 0 atom stereocenters. The van der Waals surface area contributed by atoms with E-state index in [0.29, 0.717) is 17.8 Å². The van der Waals surface area contributed by atoms with Gasteiger partial charge in [-0.25, -0.2) is 0 Å². The Labute approximate surface area is 160 Å². The fraction of sp³-hybridized carbons (Fsp3) is 0.381. The van der Waals surface area contributed by atoms with Crippen LogP contribution in [0.3, 0.4) is 0 Å². The Morgan fingerprint density at radius 1 is 1.07 bits per heavy atom. The van der Waals surface area contributed by atoms with Crippen molar-refractivity contribution in [3.8, 4) is 5.75 Å². The zero-order valence-corrected chi connectivity index (χ0v) is 15.9. The van der Waals surface area contributed by atoms with E-state index in [4.69, 9.17) is 10.5 Å². The van der Waals surface area contributed by atoms with Gasteiger partial charge < -0.3 is 20.7 Å². The number of benzene rings is 2. The molecule has 1 heterocycles. The molecule has 1 fully saturated rings. The first kappa shape index (κ1) is 19.0. The van der Waals surface area contributed by atoms with Gasteiger partial charge in [-0.15, -0.1) is 0 Å². The van der Waals surface area contributed by atoms with Crippen LogP contribution in [0.4, 0.5) is 11.4 Å². The molecule has 0 saturated carbocycles. The lowest BCUT2D eigenvalue weighted by Crippen LogP contribution is -2.47. The third-order valence-electron chi connectivity index (χ3n) is 4.94. The summed E-state index contributed by atoms with van der Waals surface area (Å²) in [5.41, 5.74) is 8.06. The molecule has 0 bridgehead atoms. The van der Waals surface area contributed by atoms with Crippen LogP contribution >= 0.6 is 0 Å². The van der Waals surface area contributed by atoms with Crippen molar-refractivity contribution < 1.29 is 9.53 Å². The predicted octanol–water partition coefficient (Wildman–Crippen LogP) is 2.22. The first-order valence-corrected chi connectivity index (χ1v) is 9.42. The quantitative estimate of drug-likeness (QED) is 0.579. The fourth-order valence-electron chi connectivity index (χ4n) is 3.41. The number of hydrogen-bond donors (Lipinski definition) is 2. The van der Waals surface area contributed by atoms with Crippen molar-refractivity contribution in [2.45, 2.75) is 6.42 Å². The number of rotatable bonds is 7. The molecule has 27 heavy (non-hydrogen) atoms. The topological polar surface area (TPSA) is 70.8 Å². The lowest BCUT2D eigenvalue weighted by molar-refractivity contribution is 0.0952. The van der Waals surface area contributed by atoms with Gasteiger partial charge in [0.15, 0.2) is 0 Å². The molecule has 1 aliphatic heterocycles. The number of carbonyl (C=O) groups is 1. The number of nitrogen functional groups attached to an aromatic ring is 1. The highest BCUT2D eigenvalue weighted by Crippen LogP contribution is 2.28. The molecular formula is C21H28N4O2. The predicted molar refractivity (Wildman–Crippen MR) is 109 cm³/mol. The summed E-state index contributed by atoms with van der Waals surface area (Å²) < 4.78 is 5.47. The van der Waals surface area contributed by atoms with Crippen molar-refractivity contribution in [3.05, 3.63) is 54.1 Å². The highest BCUT2D eigenvalue weighted by atomic mass is 16.5. The smallest absolute Gasteiger partial charge is 0.253 e. The van der Waals surface area contributed by atoms with E-state index in [-0.39, 0.29) is 5.91 Å². The SMILES string of the molecule is COc1ccccc1N1CCN(CCCNC(=O)c2ccccc2N)CC1. The second-order valence-corrected chi connectivity index (χ2v) is 6.70. The van der Waals surface area contributed by atoms with Crippen LogP contribution in [0.15, 0.2) is 48.5 Å². The van der Waals surface area contributed by atoms with E-state index < -0.39 is 0 Å². The Balaban J connectivity index is 1.39. The van der Waals surface area contributed by atoms with Crippen LogP contribution in [0.25, 0.3) is 0 Å². The van der Waals surface area contributed by atoms with E-state index in [1.54, 1.807) is 19.2 Å². The van der Waals surface area contributed by atoms with Gasteiger partial charge in [0.25, 0.3) is 5.91 Å². The molecular weight excluding hydrogens is 340 g/mol. The number of nitrogens with one attached hydrogen (secondary N) is 1. The van der Waals surface area contributed by atoms with Gasteiger partial charge in [0.2, 0.25) is 0 Å². The first-order chi connectivity index (χ1) is 13.2. The number of piperazine rings is 1. The average molecular weight is 368 g/mol. The van der Waals surface area contributed by atoms with Crippen LogP contribution in [-0.2, 0) is 0 Å². The maximum atomic E-state index is 12.2. The van der Waals surface area contributed by atoms with Crippen molar-refractivity contribution in [1.82, 2.24) is 10.2 Å². The van der Waals surface area contributed by atoms with E-state index in [1.165, 1.54) is 0 Å². The summed E-state index contributed by atoms with van der Waals surface area (Å²) in [6.45, 7) is 5.61. The largest absolute Gasteiger partial charge is 0.495 e. The Morgan fingerprint density at radius 3 is 2.52 bits per heavy atom. The highest BCUT2D eigenvalue weighted by molar-refractivity contribution is 5.99. The van der Waals surface area contributed by atoms with Gasteiger partial charge in [0.1, 0.15) is 5.75 Å². The monoisotopic (exact) mass is 368 g/mol. The Bertz CT molecular complexity index is 757. The average Bonchev–Trinajstić information content (AvgIpc) is 2.72. The third-order valence-corrected chi connectivity index (χ3v) is 4.94. The van der Waals surface area contributed by atoms with Gasteiger partial charge in [-0.2, -0.15) is 0 Å². The Morgan fingerprint density at radius 2 is 1.78 bits per heavy atom. The van der Waals surface area contributed by atoms with Crippen molar-refractivity contribution in [2.75, 3.05) is 57.0 Å². The number of methoxy groups -OCH3 is 1. The number of carbonyl (C=O) groups excluding carboxylic acids is 1. The molecule has 6 heteroatoms. The van der Waals surface area contributed by atoms with E-state index in [0.717, 1.165) is 50.6 Å². The van der Waals surface area contributed by atoms with E-state index in [9.17, 15) is 4.79 Å². The molecule has 0 spiro atoms. The molecule has 1 aliphatic rings. The van der Waals surface area contributed by atoms with Crippen molar-refractivity contribution >= 4 is 17.3 Å². The number of nitrogens with zero attached hydrogens (tertiary/aromatic N) is 2. The van der Waals surface area contributed by atoms with E-state index in [2.05, 4.69) is 21.2 Å². The van der Waals surface area contributed by atoms with Gasteiger partial charge in [0, 0.05) is 38.4 Å². The normalized spacial score (nSPS) is 14.8. The van der Waals surface area contributed by atoms with Crippen LogP contribution in [0.2, 0.25) is 0 Å². The van der Waals surface area contributed by atoms with Crippen LogP contribution in [0, 0.1) is 0 Å². The number of ether oxygens (including phenoxy) is 1. The van der Waals surface area contributed by atoms with Crippen molar-refractivity contribution in [1.29, 1.82) is 0 Å². The van der Waals surface area contributed by atoms with Crippen LogP contribution in [-0.4, -0.2) is 57.2 Å². The summed E-state index contributed by atoms with van der Waals surface area (Å²) in [7, 11) is 1.71. The molecule has 0 aliphatic carbocycles. The minimum Gasteiger partial charge on any atom is -0.495 e. The molecule has 2 aromatic rings. The van der Waals surface area contributed by atoms with Crippen LogP contribution < -0.4 is 20.7 Å². The molecule has 0 radical (unpaired) electrons. The molecule has 2 aromatic carbocycles.